The van der Waals surface area contributed by atoms with Gasteiger partial charge in [-0.3, -0.25) is 4.79 Å². The molecule has 1 atom stereocenters. The molecular formula is C16H18N2O2. The molecule has 2 aromatic rings. The molecule has 0 spiro atoms. The highest BCUT2D eigenvalue weighted by Gasteiger charge is 2.13. The van der Waals surface area contributed by atoms with Crippen LogP contribution in [-0.2, 0) is 11.2 Å². The zero-order chi connectivity index (χ0) is 14.4. The minimum Gasteiger partial charge on any atom is -0.399 e. The van der Waals surface area contributed by atoms with E-state index in [1.165, 1.54) is 0 Å². The average Bonchev–Trinajstić information content (AvgIpc) is 2.48. The van der Waals surface area contributed by atoms with Gasteiger partial charge < -0.3 is 16.2 Å². The van der Waals surface area contributed by atoms with Crippen LogP contribution in [0, 0.1) is 0 Å². The highest BCUT2D eigenvalue weighted by atomic mass is 16.3. The van der Waals surface area contributed by atoms with Crippen molar-refractivity contribution in [2.75, 3.05) is 12.3 Å². The van der Waals surface area contributed by atoms with Crippen LogP contribution in [0.15, 0.2) is 54.6 Å². The Morgan fingerprint density at radius 3 is 2.35 bits per heavy atom. The molecule has 0 radical (unpaired) electrons. The Morgan fingerprint density at radius 2 is 1.75 bits per heavy atom. The van der Waals surface area contributed by atoms with Gasteiger partial charge in [-0.1, -0.05) is 42.5 Å². The molecule has 0 aromatic heterocycles. The van der Waals surface area contributed by atoms with Gasteiger partial charge in [-0.15, -0.1) is 0 Å². The van der Waals surface area contributed by atoms with Crippen LogP contribution >= 0.6 is 0 Å². The number of benzene rings is 2. The number of carbonyl (C=O) groups excluding carboxylic acids is 1. The Morgan fingerprint density at radius 1 is 1.10 bits per heavy atom. The van der Waals surface area contributed by atoms with Crippen LogP contribution in [0.1, 0.15) is 17.2 Å². The third kappa shape index (κ3) is 3.83. The summed E-state index contributed by atoms with van der Waals surface area (Å²) in [4.78, 5) is 12.0. The van der Waals surface area contributed by atoms with Crippen LogP contribution in [-0.4, -0.2) is 17.6 Å². The number of anilines is 1. The van der Waals surface area contributed by atoms with Crippen molar-refractivity contribution in [3.05, 3.63) is 65.7 Å². The third-order valence-corrected chi connectivity index (χ3v) is 3.06. The van der Waals surface area contributed by atoms with Gasteiger partial charge in [0.2, 0.25) is 5.91 Å². The van der Waals surface area contributed by atoms with Gasteiger partial charge in [-0.25, -0.2) is 0 Å². The van der Waals surface area contributed by atoms with Crippen LogP contribution in [0.4, 0.5) is 5.69 Å². The van der Waals surface area contributed by atoms with Gasteiger partial charge in [-0.05, 0) is 23.3 Å². The lowest BCUT2D eigenvalue weighted by Gasteiger charge is -2.16. The zero-order valence-corrected chi connectivity index (χ0v) is 11.1. The van der Waals surface area contributed by atoms with Gasteiger partial charge in [0.25, 0.3) is 0 Å². The van der Waals surface area contributed by atoms with Crippen molar-refractivity contribution in [3.63, 3.8) is 0 Å². The number of nitrogen functional groups attached to an aromatic ring is 1. The maximum absolute atomic E-state index is 12.0. The molecule has 0 heterocycles. The topological polar surface area (TPSA) is 75.4 Å². The minimum atomic E-state index is -0.377. The fourth-order valence-corrected chi connectivity index (χ4v) is 1.99. The lowest BCUT2D eigenvalue weighted by Crippen LogP contribution is -2.31. The second kappa shape index (κ2) is 6.73. The molecule has 0 saturated carbocycles. The van der Waals surface area contributed by atoms with Crippen LogP contribution in [0.25, 0.3) is 0 Å². The van der Waals surface area contributed by atoms with Gasteiger partial charge >= 0.3 is 0 Å². The molecule has 0 fully saturated rings. The Bertz CT molecular complexity index is 552. The van der Waals surface area contributed by atoms with E-state index in [-0.39, 0.29) is 25.0 Å². The number of hydrogen-bond acceptors (Lipinski definition) is 3. The van der Waals surface area contributed by atoms with Gasteiger partial charge in [0.15, 0.2) is 0 Å². The number of aliphatic hydroxyl groups is 1. The zero-order valence-electron chi connectivity index (χ0n) is 11.1. The first-order valence-corrected chi connectivity index (χ1v) is 6.48. The van der Waals surface area contributed by atoms with Crippen molar-refractivity contribution in [1.29, 1.82) is 0 Å². The Hall–Kier alpha value is -2.33. The molecular weight excluding hydrogens is 252 g/mol. The Balaban J connectivity index is 1.97. The van der Waals surface area contributed by atoms with Gasteiger partial charge in [0.1, 0.15) is 0 Å². The standard InChI is InChI=1S/C16H18N2O2/c17-14-8-6-12(7-9-14)10-16(20)18-15(11-19)13-4-2-1-3-5-13/h1-9,15,19H,10-11,17H2,(H,18,20)/t15-/m1/s1. The van der Waals surface area contributed by atoms with Crippen LogP contribution in [0.2, 0.25) is 0 Å². The van der Waals surface area contributed by atoms with E-state index in [0.717, 1.165) is 11.1 Å². The number of hydrogen-bond donors (Lipinski definition) is 3. The second-order valence-electron chi connectivity index (χ2n) is 4.63. The molecule has 0 aliphatic rings. The molecule has 0 aliphatic carbocycles. The maximum atomic E-state index is 12.0. The predicted octanol–water partition coefficient (Wildman–Crippen LogP) is 1.66. The SMILES string of the molecule is Nc1ccc(CC(=O)N[C@H](CO)c2ccccc2)cc1. The predicted molar refractivity (Wildman–Crippen MR) is 79.0 cm³/mol. The summed E-state index contributed by atoms with van der Waals surface area (Å²) >= 11 is 0. The fraction of sp³-hybridized carbons (Fsp3) is 0.188. The number of nitrogens with two attached hydrogens (primary N) is 1. The molecule has 0 bridgehead atoms. The van der Waals surface area contributed by atoms with Crippen LogP contribution in [0.3, 0.4) is 0 Å². The second-order valence-corrected chi connectivity index (χ2v) is 4.63. The first kappa shape index (κ1) is 14.1. The first-order valence-electron chi connectivity index (χ1n) is 6.48. The number of carbonyl (C=O) groups is 1. The summed E-state index contributed by atoms with van der Waals surface area (Å²) < 4.78 is 0. The van der Waals surface area contributed by atoms with E-state index in [1.807, 2.05) is 42.5 Å². The number of amides is 1. The van der Waals surface area contributed by atoms with Gasteiger partial charge in [0, 0.05) is 5.69 Å². The Labute approximate surface area is 118 Å². The van der Waals surface area contributed by atoms with Gasteiger partial charge in [0.05, 0.1) is 19.1 Å². The lowest BCUT2D eigenvalue weighted by atomic mass is 10.1. The van der Waals surface area contributed by atoms with E-state index in [9.17, 15) is 9.90 Å². The fourth-order valence-electron chi connectivity index (χ4n) is 1.99. The highest BCUT2D eigenvalue weighted by Crippen LogP contribution is 2.12. The number of aliphatic hydroxyl groups excluding tert-OH is 1. The molecule has 104 valence electrons. The normalized spacial score (nSPS) is 11.8. The average molecular weight is 270 g/mol. The van der Waals surface area contributed by atoms with E-state index >= 15 is 0 Å². The molecule has 2 aromatic carbocycles. The van der Waals surface area contributed by atoms with Crippen molar-refractivity contribution in [3.8, 4) is 0 Å². The summed E-state index contributed by atoms with van der Waals surface area (Å²) in [6.07, 6.45) is 0.267. The summed E-state index contributed by atoms with van der Waals surface area (Å²) in [6, 6.07) is 16.2. The van der Waals surface area contributed by atoms with E-state index in [0.29, 0.717) is 5.69 Å². The smallest absolute Gasteiger partial charge is 0.224 e. The van der Waals surface area contributed by atoms with Crippen molar-refractivity contribution in [2.45, 2.75) is 12.5 Å². The quantitative estimate of drug-likeness (QED) is 0.723. The van der Waals surface area contributed by atoms with Crippen molar-refractivity contribution >= 4 is 11.6 Å². The molecule has 4 nitrogen and oxygen atoms in total. The van der Waals surface area contributed by atoms with E-state index in [4.69, 9.17) is 5.73 Å². The molecule has 0 unspecified atom stereocenters. The molecule has 4 heteroatoms. The summed E-state index contributed by atoms with van der Waals surface area (Å²) in [7, 11) is 0. The summed E-state index contributed by atoms with van der Waals surface area (Å²) in [6.45, 7) is -0.127. The molecule has 4 N–H and O–H groups in total. The highest BCUT2D eigenvalue weighted by molar-refractivity contribution is 5.79. The van der Waals surface area contributed by atoms with Crippen molar-refractivity contribution in [1.82, 2.24) is 5.32 Å². The molecule has 2 rings (SSSR count). The summed E-state index contributed by atoms with van der Waals surface area (Å²) in [5, 5.41) is 12.2. The molecule has 20 heavy (non-hydrogen) atoms. The molecule has 1 amide bonds. The number of rotatable bonds is 5. The van der Waals surface area contributed by atoms with Crippen molar-refractivity contribution < 1.29 is 9.90 Å². The van der Waals surface area contributed by atoms with Gasteiger partial charge in [-0.2, -0.15) is 0 Å². The monoisotopic (exact) mass is 270 g/mol. The van der Waals surface area contributed by atoms with Crippen LogP contribution < -0.4 is 11.1 Å². The van der Waals surface area contributed by atoms with E-state index in [2.05, 4.69) is 5.32 Å². The third-order valence-electron chi connectivity index (χ3n) is 3.06. The first-order chi connectivity index (χ1) is 9.69. The maximum Gasteiger partial charge on any atom is 0.224 e. The summed E-state index contributed by atoms with van der Waals surface area (Å²) in [5.41, 5.74) is 8.05. The summed E-state index contributed by atoms with van der Waals surface area (Å²) in [5.74, 6) is -0.127. The van der Waals surface area contributed by atoms with E-state index < -0.39 is 0 Å². The Kier molecular flexibility index (Phi) is 4.74. The van der Waals surface area contributed by atoms with E-state index in [1.54, 1.807) is 12.1 Å². The molecule has 0 aliphatic heterocycles. The lowest BCUT2D eigenvalue weighted by molar-refractivity contribution is -0.121. The largest absolute Gasteiger partial charge is 0.399 e. The van der Waals surface area contributed by atoms with Crippen LogP contribution in [0.5, 0.6) is 0 Å². The molecule has 0 saturated heterocycles. The van der Waals surface area contributed by atoms with Crippen molar-refractivity contribution in [2.24, 2.45) is 0 Å². The minimum absolute atomic E-state index is 0.127. The number of nitrogens with one attached hydrogen (secondary N) is 1.